The van der Waals surface area contributed by atoms with Crippen LogP contribution in [0.4, 0.5) is 0 Å². The van der Waals surface area contributed by atoms with Gasteiger partial charge in [-0.05, 0) is 23.8 Å². The molecule has 0 spiro atoms. The van der Waals surface area contributed by atoms with E-state index in [1.807, 2.05) is 12.1 Å². The molecule has 0 atom stereocenters. The van der Waals surface area contributed by atoms with Gasteiger partial charge in [-0.2, -0.15) is 0 Å². The number of benzene rings is 3. The molecule has 0 fully saturated rings. The topological polar surface area (TPSA) is 17.3 Å². The molecule has 0 radical (unpaired) electrons. The highest BCUT2D eigenvalue weighted by Gasteiger charge is 2.12. The van der Waals surface area contributed by atoms with E-state index in [0.717, 1.165) is 16.7 Å². The van der Waals surface area contributed by atoms with E-state index >= 15 is 0 Å². The Morgan fingerprint density at radius 1 is 0.696 bits per heavy atom. The van der Waals surface area contributed by atoms with Crippen LogP contribution in [-0.4, -0.2) is 9.38 Å². The zero-order valence-electron chi connectivity index (χ0n) is 12.5. The second-order valence-electron chi connectivity index (χ2n) is 5.75. The zero-order chi connectivity index (χ0) is 15.2. The maximum absolute atomic E-state index is 4.85. The molecule has 2 nitrogen and oxygen atoms in total. The van der Waals surface area contributed by atoms with Crippen molar-refractivity contribution in [3.63, 3.8) is 0 Å². The summed E-state index contributed by atoms with van der Waals surface area (Å²) < 4.78 is 2.27. The molecule has 0 aliphatic carbocycles. The third-order valence-electron chi connectivity index (χ3n) is 4.35. The number of fused-ring (bicyclic) bond motifs is 5. The second kappa shape index (κ2) is 4.68. The fraction of sp³-hybridized carbons (Fsp3) is 0. The maximum Gasteiger partial charge on any atom is 0.146 e. The molecule has 0 N–H and O–H groups in total. The van der Waals surface area contributed by atoms with Crippen LogP contribution < -0.4 is 5.35 Å². The largest absolute Gasteiger partial charge is 0.292 e. The molecule has 0 aliphatic heterocycles. The number of para-hydroxylation sites is 2. The molecule has 0 aliphatic rings. The van der Waals surface area contributed by atoms with Crippen LogP contribution in [0.2, 0.25) is 0 Å². The molecule has 108 valence electrons. The standard InChI is InChI=1S/C21H14N2/c1-2-8-15(9-3-1)14-20-16-10-4-5-11-17(16)21-22-18-12-6-7-13-19(18)23(20)21/h1-14H/b20-14+. The van der Waals surface area contributed by atoms with E-state index in [2.05, 4.69) is 77.2 Å². The van der Waals surface area contributed by atoms with Crippen LogP contribution in [-0.2, 0) is 0 Å². The summed E-state index contributed by atoms with van der Waals surface area (Å²) in [6, 6.07) is 27.3. The third-order valence-corrected chi connectivity index (χ3v) is 4.35. The number of hydrogen-bond acceptors (Lipinski definition) is 1. The summed E-state index contributed by atoms with van der Waals surface area (Å²) in [5.74, 6) is 0. The molecule has 2 heterocycles. The minimum Gasteiger partial charge on any atom is -0.292 e. The lowest BCUT2D eigenvalue weighted by Crippen LogP contribution is -2.08. The normalized spacial score (nSPS) is 12.6. The summed E-state index contributed by atoms with van der Waals surface area (Å²) in [5.41, 5.74) is 4.42. The van der Waals surface area contributed by atoms with Crippen molar-refractivity contribution in [2.45, 2.75) is 0 Å². The highest BCUT2D eigenvalue weighted by Crippen LogP contribution is 2.23. The third kappa shape index (κ3) is 1.78. The first-order valence-corrected chi connectivity index (χ1v) is 7.76. The van der Waals surface area contributed by atoms with E-state index < -0.39 is 0 Å². The molecular formula is C21H14N2. The van der Waals surface area contributed by atoms with Crippen molar-refractivity contribution < 1.29 is 0 Å². The van der Waals surface area contributed by atoms with Crippen LogP contribution in [0.25, 0.3) is 33.5 Å². The lowest BCUT2D eigenvalue weighted by atomic mass is 10.1. The Kier molecular flexibility index (Phi) is 2.53. The van der Waals surface area contributed by atoms with Gasteiger partial charge in [0.25, 0.3) is 0 Å². The van der Waals surface area contributed by atoms with Crippen molar-refractivity contribution in [2.75, 3.05) is 0 Å². The summed E-state index contributed by atoms with van der Waals surface area (Å²) in [6.45, 7) is 0. The molecule has 0 unspecified atom stereocenters. The quantitative estimate of drug-likeness (QED) is 0.453. The van der Waals surface area contributed by atoms with Gasteiger partial charge in [0.2, 0.25) is 0 Å². The molecule has 0 saturated heterocycles. The van der Waals surface area contributed by atoms with Gasteiger partial charge in [0.05, 0.1) is 16.4 Å². The predicted molar refractivity (Wildman–Crippen MR) is 95.4 cm³/mol. The summed E-state index contributed by atoms with van der Waals surface area (Å²) in [6.07, 6.45) is 2.24. The summed E-state index contributed by atoms with van der Waals surface area (Å²) >= 11 is 0. The van der Waals surface area contributed by atoms with Crippen LogP contribution in [0.3, 0.4) is 0 Å². The lowest BCUT2D eigenvalue weighted by molar-refractivity contribution is 1.22. The fourth-order valence-corrected chi connectivity index (χ4v) is 3.32. The number of nitrogens with zero attached hydrogens (tertiary/aromatic N) is 2. The minimum absolute atomic E-state index is 1.03. The van der Waals surface area contributed by atoms with Crippen molar-refractivity contribution in [1.29, 1.82) is 0 Å². The molecule has 0 amide bonds. The molecular weight excluding hydrogens is 280 g/mol. The number of imidazole rings is 1. The molecule has 0 saturated carbocycles. The lowest BCUT2D eigenvalue weighted by Gasteiger charge is -1.95. The molecule has 5 rings (SSSR count). The number of hydrogen-bond donors (Lipinski definition) is 0. The first-order chi connectivity index (χ1) is 11.4. The van der Waals surface area contributed by atoms with E-state index in [1.54, 1.807) is 0 Å². The van der Waals surface area contributed by atoms with Gasteiger partial charge in [0.1, 0.15) is 5.65 Å². The van der Waals surface area contributed by atoms with Crippen molar-refractivity contribution in [3.05, 3.63) is 89.8 Å². The van der Waals surface area contributed by atoms with E-state index in [-0.39, 0.29) is 0 Å². The summed E-state index contributed by atoms with van der Waals surface area (Å²) in [4.78, 5) is 4.85. The van der Waals surface area contributed by atoms with Crippen LogP contribution in [0, 0.1) is 0 Å². The van der Waals surface area contributed by atoms with Gasteiger partial charge in [-0.15, -0.1) is 0 Å². The molecule has 5 aromatic rings. The van der Waals surface area contributed by atoms with Crippen LogP contribution in [0.15, 0.2) is 78.9 Å². The fourth-order valence-electron chi connectivity index (χ4n) is 3.32. The highest BCUT2D eigenvalue weighted by atomic mass is 15.0. The second-order valence-corrected chi connectivity index (χ2v) is 5.75. The molecule has 23 heavy (non-hydrogen) atoms. The Labute approximate surface area is 133 Å². The van der Waals surface area contributed by atoms with Gasteiger partial charge in [0.15, 0.2) is 0 Å². The van der Waals surface area contributed by atoms with E-state index in [9.17, 15) is 0 Å². The average molecular weight is 294 g/mol. The Hall–Kier alpha value is -3.13. The van der Waals surface area contributed by atoms with Gasteiger partial charge in [-0.25, -0.2) is 4.98 Å². The van der Waals surface area contributed by atoms with Crippen molar-refractivity contribution in [3.8, 4) is 0 Å². The minimum atomic E-state index is 1.03. The summed E-state index contributed by atoms with van der Waals surface area (Å²) in [5, 5.41) is 3.63. The Balaban J connectivity index is 2.04. The number of rotatable bonds is 1. The molecule has 2 aromatic heterocycles. The SMILES string of the molecule is C(/c1ccccc1)=c1/c2ccccc2c2nc3ccccc3n12. The Morgan fingerprint density at radius 2 is 1.39 bits per heavy atom. The Morgan fingerprint density at radius 3 is 2.26 bits per heavy atom. The van der Waals surface area contributed by atoms with Gasteiger partial charge < -0.3 is 0 Å². The smallest absolute Gasteiger partial charge is 0.146 e. The van der Waals surface area contributed by atoms with Crippen molar-refractivity contribution in [1.82, 2.24) is 9.38 Å². The van der Waals surface area contributed by atoms with Gasteiger partial charge in [-0.1, -0.05) is 66.7 Å². The maximum atomic E-state index is 4.85. The first kappa shape index (κ1) is 12.4. The van der Waals surface area contributed by atoms with Crippen LogP contribution >= 0.6 is 0 Å². The van der Waals surface area contributed by atoms with E-state index in [1.165, 1.54) is 21.7 Å². The number of aromatic nitrogens is 2. The van der Waals surface area contributed by atoms with Gasteiger partial charge in [0, 0.05) is 10.8 Å². The van der Waals surface area contributed by atoms with Gasteiger partial charge >= 0.3 is 0 Å². The molecule has 2 heteroatoms. The highest BCUT2D eigenvalue weighted by molar-refractivity contribution is 6.01. The zero-order valence-corrected chi connectivity index (χ0v) is 12.5. The Bertz CT molecular complexity index is 1190. The van der Waals surface area contributed by atoms with Crippen molar-refractivity contribution in [2.24, 2.45) is 0 Å². The molecule has 0 bridgehead atoms. The van der Waals surface area contributed by atoms with E-state index in [4.69, 9.17) is 4.98 Å². The van der Waals surface area contributed by atoms with Crippen molar-refractivity contribution >= 4 is 33.5 Å². The van der Waals surface area contributed by atoms with E-state index in [0.29, 0.717) is 0 Å². The molecule has 3 aromatic carbocycles. The first-order valence-electron chi connectivity index (χ1n) is 7.76. The van der Waals surface area contributed by atoms with Gasteiger partial charge in [-0.3, -0.25) is 4.40 Å². The summed E-state index contributed by atoms with van der Waals surface area (Å²) in [7, 11) is 0. The van der Waals surface area contributed by atoms with Crippen LogP contribution in [0.1, 0.15) is 5.56 Å². The average Bonchev–Trinajstić information content (AvgIpc) is 3.12. The van der Waals surface area contributed by atoms with Crippen LogP contribution in [0.5, 0.6) is 0 Å². The monoisotopic (exact) mass is 294 g/mol. The predicted octanol–water partition coefficient (Wildman–Crippen LogP) is 4.19.